The van der Waals surface area contributed by atoms with E-state index in [0.717, 1.165) is 38.2 Å². The van der Waals surface area contributed by atoms with E-state index in [0.29, 0.717) is 11.5 Å². The van der Waals surface area contributed by atoms with Crippen molar-refractivity contribution < 1.29 is 9.18 Å². The Bertz CT molecular complexity index is 726. The average Bonchev–Trinajstić information content (AvgIpc) is 3.08. The van der Waals surface area contributed by atoms with Gasteiger partial charge in [-0.25, -0.2) is 9.18 Å². The van der Waals surface area contributed by atoms with E-state index < -0.39 is 6.03 Å². The number of urea groups is 1. The van der Waals surface area contributed by atoms with Crippen molar-refractivity contribution in [2.75, 3.05) is 23.3 Å². The average molecular weight is 346 g/mol. The molecule has 1 saturated heterocycles. The standard InChI is InChI=1S/C17H23FN6O/c1-2-23-12-20-22-16(23)11-19-17(25)21-14-10-13(18)6-7-15(14)24-8-4-3-5-9-24/h6-7,10,12H,2-5,8-9,11H2,1H3,(H2,19,21,25). The monoisotopic (exact) mass is 346 g/mol. The predicted octanol–water partition coefficient (Wildman–Crippen LogP) is 2.75. The van der Waals surface area contributed by atoms with E-state index >= 15 is 0 Å². The molecule has 1 aliphatic heterocycles. The maximum atomic E-state index is 13.7. The molecule has 2 N–H and O–H groups in total. The van der Waals surface area contributed by atoms with E-state index in [-0.39, 0.29) is 12.4 Å². The molecule has 0 saturated carbocycles. The number of amides is 2. The highest BCUT2D eigenvalue weighted by atomic mass is 19.1. The minimum Gasteiger partial charge on any atom is -0.370 e. The first kappa shape index (κ1) is 17.2. The zero-order chi connectivity index (χ0) is 17.6. The molecule has 2 heterocycles. The molecule has 0 spiro atoms. The first-order chi connectivity index (χ1) is 12.2. The SMILES string of the molecule is CCn1cnnc1CNC(=O)Nc1cc(F)ccc1N1CCCCC1. The summed E-state index contributed by atoms with van der Waals surface area (Å²) in [6, 6.07) is 4.12. The molecule has 1 aromatic carbocycles. The lowest BCUT2D eigenvalue weighted by molar-refractivity contribution is 0.251. The lowest BCUT2D eigenvalue weighted by Gasteiger charge is -2.30. The fourth-order valence-corrected chi connectivity index (χ4v) is 3.02. The lowest BCUT2D eigenvalue weighted by atomic mass is 10.1. The summed E-state index contributed by atoms with van der Waals surface area (Å²) < 4.78 is 15.5. The second-order valence-corrected chi connectivity index (χ2v) is 6.05. The number of nitrogens with zero attached hydrogens (tertiary/aromatic N) is 4. The molecule has 0 bridgehead atoms. The summed E-state index contributed by atoms with van der Waals surface area (Å²) in [7, 11) is 0. The van der Waals surface area contributed by atoms with Crippen LogP contribution in [-0.4, -0.2) is 33.9 Å². The van der Waals surface area contributed by atoms with Crippen LogP contribution >= 0.6 is 0 Å². The quantitative estimate of drug-likeness (QED) is 0.873. The number of nitrogens with one attached hydrogen (secondary N) is 2. The normalized spacial score (nSPS) is 14.4. The van der Waals surface area contributed by atoms with Gasteiger partial charge in [-0.3, -0.25) is 0 Å². The van der Waals surface area contributed by atoms with Crippen molar-refractivity contribution in [1.82, 2.24) is 20.1 Å². The topological polar surface area (TPSA) is 75.1 Å². The first-order valence-corrected chi connectivity index (χ1v) is 8.63. The van der Waals surface area contributed by atoms with Crippen LogP contribution in [0.25, 0.3) is 0 Å². The number of carbonyl (C=O) groups excluding carboxylic acids is 1. The molecule has 0 radical (unpaired) electrons. The Hall–Kier alpha value is -2.64. The molecule has 134 valence electrons. The Kier molecular flexibility index (Phi) is 5.47. The number of anilines is 2. The summed E-state index contributed by atoms with van der Waals surface area (Å²) in [6.45, 7) is 4.80. The van der Waals surface area contributed by atoms with E-state index in [4.69, 9.17) is 0 Å². The molecular weight excluding hydrogens is 323 g/mol. The van der Waals surface area contributed by atoms with Crippen molar-refractivity contribution in [3.8, 4) is 0 Å². The number of aryl methyl sites for hydroxylation is 1. The molecule has 1 aromatic heterocycles. The second kappa shape index (κ2) is 7.96. The van der Waals surface area contributed by atoms with Crippen LogP contribution in [0, 0.1) is 5.82 Å². The largest absolute Gasteiger partial charge is 0.370 e. The summed E-state index contributed by atoms with van der Waals surface area (Å²) >= 11 is 0. The summed E-state index contributed by atoms with van der Waals surface area (Å²) in [5.41, 5.74) is 1.34. The molecule has 2 amide bonds. The summed E-state index contributed by atoms with van der Waals surface area (Å²) in [4.78, 5) is 14.4. The smallest absolute Gasteiger partial charge is 0.319 e. The first-order valence-electron chi connectivity index (χ1n) is 8.63. The number of rotatable bonds is 5. The van der Waals surface area contributed by atoms with Crippen molar-refractivity contribution in [2.24, 2.45) is 0 Å². The molecule has 0 unspecified atom stereocenters. The molecule has 7 nitrogen and oxygen atoms in total. The van der Waals surface area contributed by atoms with Gasteiger partial charge in [0, 0.05) is 19.6 Å². The van der Waals surface area contributed by atoms with E-state index in [9.17, 15) is 9.18 Å². The van der Waals surface area contributed by atoms with Crippen LogP contribution in [0.2, 0.25) is 0 Å². The highest BCUT2D eigenvalue weighted by molar-refractivity contribution is 5.93. The van der Waals surface area contributed by atoms with Crippen LogP contribution in [0.4, 0.5) is 20.6 Å². The van der Waals surface area contributed by atoms with Gasteiger partial charge in [-0.05, 0) is 44.4 Å². The highest BCUT2D eigenvalue weighted by Crippen LogP contribution is 2.29. The number of halogens is 1. The van der Waals surface area contributed by atoms with Crippen molar-refractivity contribution in [3.05, 3.63) is 36.2 Å². The number of hydrogen-bond acceptors (Lipinski definition) is 4. The molecule has 0 aliphatic carbocycles. The van der Waals surface area contributed by atoms with Crippen LogP contribution < -0.4 is 15.5 Å². The molecule has 2 aromatic rings. The fourth-order valence-electron chi connectivity index (χ4n) is 3.02. The van der Waals surface area contributed by atoms with Crippen molar-refractivity contribution in [3.63, 3.8) is 0 Å². The van der Waals surface area contributed by atoms with E-state index in [1.54, 1.807) is 12.4 Å². The van der Waals surface area contributed by atoms with Gasteiger partial charge in [0.15, 0.2) is 5.82 Å². The summed E-state index contributed by atoms with van der Waals surface area (Å²) in [6.07, 6.45) is 5.04. The van der Waals surface area contributed by atoms with Gasteiger partial charge in [0.05, 0.1) is 17.9 Å². The van der Waals surface area contributed by atoms with Gasteiger partial charge in [0.1, 0.15) is 12.1 Å². The number of hydrogen-bond donors (Lipinski definition) is 2. The Morgan fingerprint density at radius 3 is 2.84 bits per heavy atom. The Balaban J connectivity index is 1.66. The zero-order valence-corrected chi connectivity index (χ0v) is 14.3. The molecule has 3 rings (SSSR count). The van der Waals surface area contributed by atoms with Crippen molar-refractivity contribution >= 4 is 17.4 Å². The molecular formula is C17H23FN6O. The fraction of sp³-hybridized carbons (Fsp3) is 0.471. The summed E-state index contributed by atoms with van der Waals surface area (Å²) in [5, 5.41) is 13.3. The van der Waals surface area contributed by atoms with Gasteiger partial charge >= 0.3 is 6.03 Å². The van der Waals surface area contributed by atoms with E-state index in [1.807, 2.05) is 11.5 Å². The van der Waals surface area contributed by atoms with Crippen LogP contribution in [0.3, 0.4) is 0 Å². The van der Waals surface area contributed by atoms with Crippen LogP contribution in [0.5, 0.6) is 0 Å². The third-order valence-electron chi connectivity index (χ3n) is 4.35. The zero-order valence-electron chi connectivity index (χ0n) is 14.3. The van der Waals surface area contributed by atoms with Crippen molar-refractivity contribution in [2.45, 2.75) is 39.3 Å². The third-order valence-corrected chi connectivity index (χ3v) is 4.35. The third kappa shape index (κ3) is 4.26. The van der Waals surface area contributed by atoms with Crippen LogP contribution in [-0.2, 0) is 13.1 Å². The maximum absolute atomic E-state index is 13.7. The highest BCUT2D eigenvalue weighted by Gasteiger charge is 2.16. The van der Waals surface area contributed by atoms with E-state index in [2.05, 4.69) is 25.7 Å². The van der Waals surface area contributed by atoms with Gasteiger partial charge in [-0.15, -0.1) is 10.2 Å². The Morgan fingerprint density at radius 1 is 1.28 bits per heavy atom. The Labute approximate surface area is 146 Å². The molecule has 25 heavy (non-hydrogen) atoms. The maximum Gasteiger partial charge on any atom is 0.319 e. The number of benzene rings is 1. The Morgan fingerprint density at radius 2 is 2.08 bits per heavy atom. The minimum atomic E-state index is -0.394. The minimum absolute atomic E-state index is 0.258. The van der Waals surface area contributed by atoms with Gasteiger partial charge in [0.25, 0.3) is 0 Å². The van der Waals surface area contributed by atoms with E-state index in [1.165, 1.54) is 18.6 Å². The van der Waals surface area contributed by atoms with Crippen molar-refractivity contribution in [1.29, 1.82) is 0 Å². The van der Waals surface area contributed by atoms with Crippen LogP contribution in [0.1, 0.15) is 32.0 Å². The predicted molar refractivity (Wildman–Crippen MR) is 94.0 cm³/mol. The summed E-state index contributed by atoms with van der Waals surface area (Å²) in [5.74, 6) is 0.301. The number of aromatic nitrogens is 3. The van der Waals surface area contributed by atoms with Gasteiger partial charge in [-0.1, -0.05) is 0 Å². The van der Waals surface area contributed by atoms with Crippen LogP contribution in [0.15, 0.2) is 24.5 Å². The molecule has 8 heteroatoms. The second-order valence-electron chi connectivity index (χ2n) is 6.05. The molecule has 1 aliphatic rings. The van der Waals surface area contributed by atoms with Gasteiger partial charge in [0.2, 0.25) is 0 Å². The van der Waals surface area contributed by atoms with Gasteiger partial charge < -0.3 is 20.1 Å². The lowest BCUT2D eigenvalue weighted by Crippen LogP contribution is -2.33. The number of piperidine rings is 1. The number of carbonyl (C=O) groups is 1. The molecule has 0 atom stereocenters. The van der Waals surface area contributed by atoms with Gasteiger partial charge in [-0.2, -0.15) is 0 Å². The molecule has 1 fully saturated rings.